The normalized spacial score (nSPS) is 13.5. The van der Waals surface area contributed by atoms with Crippen LogP contribution >= 0.6 is 0 Å². The molecule has 0 aromatic heterocycles. The van der Waals surface area contributed by atoms with Gasteiger partial charge in [0, 0.05) is 6.42 Å². The molecule has 0 bridgehead atoms. The number of aliphatic hydroxyl groups is 2. The predicted octanol–water partition coefficient (Wildman–Crippen LogP) is 17.0. The van der Waals surface area contributed by atoms with Crippen LogP contribution in [0.3, 0.4) is 0 Å². The van der Waals surface area contributed by atoms with Crippen molar-refractivity contribution >= 4 is 11.9 Å². The Morgan fingerprint density at radius 1 is 0.453 bits per heavy atom. The Balaban J connectivity index is 4.63. The zero-order chi connectivity index (χ0) is 46.7. The second-order valence-electron chi connectivity index (χ2n) is 19.0. The van der Waals surface area contributed by atoms with Crippen molar-refractivity contribution in [2.24, 2.45) is 0 Å². The van der Waals surface area contributed by atoms with E-state index < -0.39 is 18.2 Å². The molecule has 0 spiro atoms. The van der Waals surface area contributed by atoms with E-state index in [1.165, 1.54) is 167 Å². The predicted molar refractivity (Wildman–Crippen MR) is 278 cm³/mol. The van der Waals surface area contributed by atoms with Crippen molar-refractivity contribution < 1.29 is 24.5 Å². The number of hydrogen-bond donors (Lipinski definition) is 3. The highest BCUT2D eigenvalue weighted by atomic mass is 16.5. The summed E-state index contributed by atoms with van der Waals surface area (Å²) in [7, 11) is 0. The highest BCUT2D eigenvalue weighted by molar-refractivity contribution is 5.77. The zero-order valence-corrected chi connectivity index (χ0v) is 42.7. The molecule has 374 valence electrons. The van der Waals surface area contributed by atoms with Gasteiger partial charge in [-0.1, -0.05) is 243 Å². The van der Waals surface area contributed by atoms with Crippen LogP contribution in [0.25, 0.3) is 0 Å². The van der Waals surface area contributed by atoms with Gasteiger partial charge in [0.2, 0.25) is 5.91 Å². The highest BCUT2D eigenvalue weighted by Gasteiger charge is 2.24. The van der Waals surface area contributed by atoms with Gasteiger partial charge in [0.05, 0.1) is 25.2 Å². The molecule has 0 aliphatic heterocycles. The van der Waals surface area contributed by atoms with Crippen molar-refractivity contribution in [2.45, 2.75) is 302 Å². The first-order valence-corrected chi connectivity index (χ1v) is 27.9. The molecule has 1 amide bonds. The number of esters is 1. The van der Waals surface area contributed by atoms with Gasteiger partial charge in [0.1, 0.15) is 6.10 Å². The van der Waals surface area contributed by atoms with E-state index in [2.05, 4.69) is 74.7 Å². The second-order valence-corrected chi connectivity index (χ2v) is 19.0. The molecule has 0 radical (unpaired) electrons. The summed E-state index contributed by atoms with van der Waals surface area (Å²) in [6.07, 6.45) is 63.1. The molecule has 0 aromatic carbocycles. The lowest BCUT2D eigenvalue weighted by atomic mass is 10.0. The summed E-state index contributed by atoms with van der Waals surface area (Å²) in [5.74, 6) is -0.504. The average Bonchev–Trinajstić information content (AvgIpc) is 3.29. The topological polar surface area (TPSA) is 95.9 Å². The van der Waals surface area contributed by atoms with Crippen molar-refractivity contribution in [3.05, 3.63) is 48.6 Å². The van der Waals surface area contributed by atoms with Crippen LogP contribution in [-0.2, 0) is 14.3 Å². The van der Waals surface area contributed by atoms with Crippen LogP contribution < -0.4 is 5.32 Å². The molecule has 0 aliphatic carbocycles. The van der Waals surface area contributed by atoms with Gasteiger partial charge in [-0.15, -0.1) is 0 Å². The fourth-order valence-electron chi connectivity index (χ4n) is 8.43. The van der Waals surface area contributed by atoms with Gasteiger partial charge in [-0.2, -0.15) is 0 Å². The van der Waals surface area contributed by atoms with Gasteiger partial charge in [0.25, 0.3) is 0 Å². The summed E-state index contributed by atoms with van der Waals surface area (Å²) in [6, 6.07) is -0.713. The molecule has 0 saturated carbocycles. The van der Waals surface area contributed by atoms with Crippen LogP contribution in [0.2, 0.25) is 0 Å². The minimum absolute atomic E-state index is 0.0543. The van der Waals surface area contributed by atoms with Gasteiger partial charge in [-0.3, -0.25) is 9.59 Å². The van der Waals surface area contributed by atoms with Crippen LogP contribution in [-0.4, -0.2) is 46.9 Å². The Labute approximate surface area is 397 Å². The molecule has 0 aliphatic rings. The number of aliphatic hydroxyl groups excluding tert-OH is 2. The molecule has 0 saturated heterocycles. The number of rotatable bonds is 50. The first kappa shape index (κ1) is 61.8. The van der Waals surface area contributed by atoms with E-state index in [9.17, 15) is 19.8 Å². The number of carbonyl (C=O) groups is 2. The lowest BCUT2D eigenvalue weighted by molar-refractivity contribution is -0.151. The first-order valence-electron chi connectivity index (χ1n) is 27.9. The molecule has 0 rings (SSSR count). The third-order valence-corrected chi connectivity index (χ3v) is 12.7. The Morgan fingerprint density at radius 3 is 1.25 bits per heavy atom. The first-order chi connectivity index (χ1) is 31.5. The number of nitrogens with one attached hydrogen (secondary N) is 1. The largest absolute Gasteiger partial charge is 0.462 e. The monoisotopic (exact) mass is 898 g/mol. The van der Waals surface area contributed by atoms with Crippen LogP contribution in [0.4, 0.5) is 0 Å². The summed E-state index contributed by atoms with van der Waals surface area (Å²) in [5.41, 5.74) is 0. The number of carbonyl (C=O) groups excluding carboxylic acids is 2. The van der Waals surface area contributed by atoms with E-state index >= 15 is 0 Å². The lowest BCUT2D eigenvalue weighted by Crippen LogP contribution is -2.46. The maximum atomic E-state index is 13.2. The molecule has 3 N–H and O–H groups in total. The lowest BCUT2D eigenvalue weighted by Gasteiger charge is -2.24. The Hall–Kier alpha value is -2.18. The van der Waals surface area contributed by atoms with E-state index in [0.717, 1.165) is 70.6 Å². The molecule has 3 unspecified atom stereocenters. The number of amides is 1. The van der Waals surface area contributed by atoms with E-state index in [0.29, 0.717) is 19.3 Å². The van der Waals surface area contributed by atoms with Crippen molar-refractivity contribution in [3.8, 4) is 0 Å². The summed E-state index contributed by atoms with van der Waals surface area (Å²) in [5, 5.41) is 23.8. The number of hydrogen-bond acceptors (Lipinski definition) is 5. The number of allylic oxidation sites excluding steroid dienone is 8. The molecular weight excluding hydrogens is 791 g/mol. The third kappa shape index (κ3) is 46.4. The highest BCUT2D eigenvalue weighted by Crippen LogP contribution is 2.18. The summed E-state index contributed by atoms with van der Waals surface area (Å²) >= 11 is 0. The molecule has 64 heavy (non-hydrogen) atoms. The van der Waals surface area contributed by atoms with Gasteiger partial charge in [-0.25, -0.2) is 0 Å². The van der Waals surface area contributed by atoms with Crippen LogP contribution in [0.1, 0.15) is 284 Å². The van der Waals surface area contributed by atoms with Crippen molar-refractivity contribution in [1.82, 2.24) is 5.32 Å². The van der Waals surface area contributed by atoms with E-state index in [1.807, 2.05) is 0 Å². The van der Waals surface area contributed by atoms with E-state index in [4.69, 9.17) is 4.74 Å². The number of ether oxygens (including phenoxy) is 1. The average molecular weight is 898 g/mol. The van der Waals surface area contributed by atoms with Gasteiger partial charge < -0.3 is 20.3 Å². The van der Waals surface area contributed by atoms with Crippen LogP contribution in [0, 0.1) is 0 Å². The van der Waals surface area contributed by atoms with Gasteiger partial charge in [0.15, 0.2) is 0 Å². The molecule has 0 aromatic rings. The molecule has 3 atom stereocenters. The molecule has 0 fully saturated rings. The summed E-state index contributed by atoms with van der Waals surface area (Å²) in [4.78, 5) is 26.2. The van der Waals surface area contributed by atoms with Crippen LogP contribution in [0.5, 0.6) is 0 Å². The van der Waals surface area contributed by atoms with Gasteiger partial charge >= 0.3 is 5.97 Å². The Morgan fingerprint density at radius 2 is 0.812 bits per heavy atom. The minimum Gasteiger partial charge on any atom is -0.462 e. The maximum absolute atomic E-state index is 13.2. The maximum Gasteiger partial charge on any atom is 0.306 e. The third-order valence-electron chi connectivity index (χ3n) is 12.7. The second kappa shape index (κ2) is 51.8. The number of unbranched alkanes of at least 4 members (excludes halogenated alkanes) is 32. The quantitative estimate of drug-likeness (QED) is 0.0245. The standard InChI is InChI=1S/C58H107NO5/c1-4-7-10-13-16-19-22-25-27-29-31-33-36-39-42-45-48-51-58(63)64-54(49-46-43-40-37-34-32-30-28-26-23-20-17-14-11-8-5-2)52-57(62)59-55(53-60)56(61)50-47-44-41-38-35-24-21-18-15-12-9-6-3/h23,25-28,30,32,34,54-56,60-61H,4-22,24,29,31,33,35-53H2,1-3H3,(H,59,62)/b26-23+,27-25+,30-28+,34-32+. The van der Waals surface area contributed by atoms with Crippen molar-refractivity contribution in [1.29, 1.82) is 0 Å². The van der Waals surface area contributed by atoms with E-state index in [-0.39, 0.29) is 24.9 Å². The smallest absolute Gasteiger partial charge is 0.306 e. The SMILES string of the molecule is CCCCCCC/C=C/C=C/C=C/CCCCCC(CC(=O)NC(CO)C(O)CCCCCCCCCCCCCC)OC(=O)CCCCCCCCC/C=C/CCCCCCCC. The summed E-state index contributed by atoms with van der Waals surface area (Å²) < 4.78 is 5.94. The fraction of sp³-hybridized carbons (Fsp3) is 0.828. The molecular formula is C58H107NO5. The van der Waals surface area contributed by atoms with Crippen LogP contribution in [0.15, 0.2) is 48.6 Å². The van der Waals surface area contributed by atoms with Crippen molar-refractivity contribution in [3.63, 3.8) is 0 Å². The van der Waals surface area contributed by atoms with E-state index in [1.54, 1.807) is 0 Å². The summed E-state index contributed by atoms with van der Waals surface area (Å²) in [6.45, 7) is 6.47. The molecule has 6 nitrogen and oxygen atoms in total. The van der Waals surface area contributed by atoms with Crippen molar-refractivity contribution in [2.75, 3.05) is 6.61 Å². The zero-order valence-electron chi connectivity index (χ0n) is 42.7. The Kier molecular flexibility index (Phi) is 50.0. The fourth-order valence-corrected chi connectivity index (χ4v) is 8.43. The Bertz CT molecular complexity index is 1100. The molecule has 6 heteroatoms. The molecule has 0 heterocycles. The minimum atomic E-state index is -0.797. The van der Waals surface area contributed by atoms with Gasteiger partial charge in [-0.05, 0) is 77.0 Å².